The highest BCUT2D eigenvalue weighted by Gasteiger charge is 2.02. The molecule has 0 aliphatic heterocycles. The SMILES string of the molecule is C=C(C)Cc1cc(Cl)ccc1C#N. The lowest BCUT2D eigenvalue weighted by Gasteiger charge is -2.03. The third kappa shape index (κ3) is 2.61. The highest BCUT2D eigenvalue weighted by molar-refractivity contribution is 6.30. The summed E-state index contributed by atoms with van der Waals surface area (Å²) in [6, 6.07) is 7.40. The van der Waals surface area contributed by atoms with Crippen LogP contribution in [0.3, 0.4) is 0 Å². The van der Waals surface area contributed by atoms with Crippen molar-refractivity contribution < 1.29 is 0 Å². The van der Waals surface area contributed by atoms with Gasteiger partial charge in [0, 0.05) is 5.02 Å². The molecule has 13 heavy (non-hydrogen) atoms. The Morgan fingerprint density at radius 2 is 2.31 bits per heavy atom. The van der Waals surface area contributed by atoms with Crippen LogP contribution in [-0.4, -0.2) is 0 Å². The molecule has 0 aromatic heterocycles. The largest absolute Gasteiger partial charge is 0.192 e. The van der Waals surface area contributed by atoms with Crippen LogP contribution in [0.15, 0.2) is 30.4 Å². The smallest absolute Gasteiger partial charge is 0.0994 e. The zero-order chi connectivity index (χ0) is 9.84. The summed E-state index contributed by atoms with van der Waals surface area (Å²) in [7, 11) is 0. The summed E-state index contributed by atoms with van der Waals surface area (Å²) in [5.41, 5.74) is 2.65. The summed E-state index contributed by atoms with van der Waals surface area (Å²) in [6.45, 7) is 5.74. The summed E-state index contributed by atoms with van der Waals surface area (Å²) in [5, 5.41) is 9.46. The Morgan fingerprint density at radius 3 is 2.85 bits per heavy atom. The molecule has 2 heteroatoms. The monoisotopic (exact) mass is 191 g/mol. The van der Waals surface area contributed by atoms with Crippen LogP contribution in [-0.2, 0) is 6.42 Å². The summed E-state index contributed by atoms with van der Waals surface area (Å²) in [4.78, 5) is 0. The molecule has 0 aliphatic carbocycles. The molecule has 0 spiro atoms. The van der Waals surface area contributed by atoms with Crippen LogP contribution >= 0.6 is 11.6 Å². The van der Waals surface area contributed by atoms with Crippen molar-refractivity contribution in [2.45, 2.75) is 13.3 Å². The Balaban J connectivity index is 3.10. The minimum Gasteiger partial charge on any atom is -0.192 e. The second kappa shape index (κ2) is 4.11. The van der Waals surface area contributed by atoms with Crippen LogP contribution < -0.4 is 0 Å². The Bertz CT molecular complexity index is 374. The first-order valence-corrected chi connectivity index (χ1v) is 4.34. The van der Waals surface area contributed by atoms with E-state index in [4.69, 9.17) is 16.9 Å². The van der Waals surface area contributed by atoms with Gasteiger partial charge in [0.25, 0.3) is 0 Å². The topological polar surface area (TPSA) is 23.8 Å². The van der Waals surface area contributed by atoms with Crippen molar-refractivity contribution in [3.05, 3.63) is 46.5 Å². The second-order valence-electron chi connectivity index (χ2n) is 3.05. The molecule has 0 saturated carbocycles. The number of nitriles is 1. The van der Waals surface area contributed by atoms with Crippen LogP contribution in [0.4, 0.5) is 0 Å². The van der Waals surface area contributed by atoms with Crippen molar-refractivity contribution >= 4 is 11.6 Å². The van der Waals surface area contributed by atoms with E-state index in [1.165, 1.54) is 0 Å². The highest BCUT2D eigenvalue weighted by Crippen LogP contribution is 2.17. The maximum atomic E-state index is 8.80. The van der Waals surface area contributed by atoms with Gasteiger partial charge in [0.15, 0.2) is 0 Å². The second-order valence-corrected chi connectivity index (χ2v) is 3.48. The fourth-order valence-electron chi connectivity index (χ4n) is 1.14. The Hall–Kier alpha value is -1.26. The van der Waals surface area contributed by atoms with Crippen LogP contribution in [0.5, 0.6) is 0 Å². The molecule has 66 valence electrons. The lowest BCUT2D eigenvalue weighted by atomic mass is 10.0. The molecule has 0 heterocycles. The van der Waals surface area contributed by atoms with E-state index in [1.54, 1.807) is 12.1 Å². The highest BCUT2D eigenvalue weighted by atomic mass is 35.5. The van der Waals surface area contributed by atoms with Gasteiger partial charge in [0.1, 0.15) is 0 Å². The normalized spacial score (nSPS) is 9.31. The van der Waals surface area contributed by atoms with E-state index in [1.807, 2.05) is 13.0 Å². The minimum absolute atomic E-state index is 0.662. The molecule has 1 rings (SSSR count). The van der Waals surface area contributed by atoms with E-state index < -0.39 is 0 Å². The Kier molecular flexibility index (Phi) is 3.11. The zero-order valence-corrected chi connectivity index (χ0v) is 8.23. The average Bonchev–Trinajstić information content (AvgIpc) is 2.03. The Morgan fingerprint density at radius 1 is 1.62 bits per heavy atom. The minimum atomic E-state index is 0.662. The molecule has 0 radical (unpaired) electrons. The van der Waals surface area contributed by atoms with E-state index in [0.717, 1.165) is 11.1 Å². The van der Waals surface area contributed by atoms with E-state index in [0.29, 0.717) is 17.0 Å². The first-order valence-electron chi connectivity index (χ1n) is 3.96. The van der Waals surface area contributed by atoms with E-state index >= 15 is 0 Å². The van der Waals surface area contributed by atoms with Crippen molar-refractivity contribution in [2.75, 3.05) is 0 Å². The van der Waals surface area contributed by atoms with Gasteiger partial charge in [-0.05, 0) is 37.1 Å². The predicted molar refractivity (Wildman–Crippen MR) is 54.7 cm³/mol. The number of halogens is 1. The van der Waals surface area contributed by atoms with Gasteiger partial charge in [0.05, 0.1) is 11.6 Å². The maximum Gasteiger partial charge on any atom is 0.0994 e. The summed E-state index contributed by atoms with van der Waals surface area (Å²) < 4.78 is 0. The number of benzene rings is 1. The van der Waals surface area contributed by atoms with Gasteiger partial charge in [-0.1, -0.05) is 23.8 Å². The molecular weight excluding hydrogens is 182 g/mol. The fourth-order valence-corrected chi connectivity index (χ4v) is 1.34. The predicted octanol–water partition coefficient (Wildman–Crippen LogP) is 3.33. The van der Waals surface area contributed by atoms with Gasteiger partial charge in [-0.2, -0.15) is 5.26 Å². The fraction of sp³-hybridized carbons (Fsp3) is 0.182. The number of hydrogen-bond acceptors (Lipinski definition) is 1. The number of allylic oxidation sites excluding steroid dienone is 1. The third-order valence-corrected chi connectivity index (χ3v) is 1.92. The van der Waals surface area contributed by atoms with Gasteiger partial charge < -0.3 is 0 Å². The molecule has 1 aromatic rings. The molecule has 0 N–H and O–H groups in total. The number of hydrogen-bond donors (Lipinski definition) is 0. The van der Waals surface area contributed by atoms with Crippen molar-refractivity contribution in [3.8, 4) is 6.07 Å². The molecule has 0 fully saturated rings. The van der Waals surface area contributed by atoms with Gasteiger partial charge in [-0.25, -0.2) is 0 Å². The van der Waals surface area contributed by atoms with Gasteiger partial charge in [-0.3, -0.25) is 0 Å². The first kappa shape index (κ1) is 9.83. The lowest BCUT2D eigenvalue weighted by Crippen LogP contribution is -1.90. The number of rotatable bonds is 2. The zero-order valence-electron chi connectivity index (χ0n) is 7.47. The van der Waals surface area contributed by atoms with Gasteiger partial charge in [0.2, 0.25) is 0 Å². The number of nitrogens with zero attached hydrogens (tertiary/aromatic N) is 1. The van der Waals surface area contributed by atoms with Gasteiger partial charge >= 0.3 is 0 Å². The standard InChI is InChI=1S/C11H10ClN/c1-8(2)5-10-6-11(12)4-3-9(10)7-13/h3-4,6H,1,5H2,2H3. The molecule has 0 unspecified atom stereocenters. The van der Waals surface area contributed by atoms with Gasteiger partial charge in [-0.15, -0.1) is 0 Å². The molecule has 0 atom stereocenters. The molecule has 0 amide bonds. The first-order chi connectivity index (χ1) is 6.13. The summed E-state index contributed by atoms with van der Waals surface area (Å²) in [6.07, 6.45) is 0.712. The van der Waals surface area contributed by atoms with Crippen LogP contribution in [0, 0.1) is 11.3 Å². The summed E-state index contributed by atoms with van der Waals surface area (Å²) in [5.74, 6) is 0. The van der Waals surface area contributed by atoms with Crippen LogP contribution in [0.2, 0.25) is 5.02 Å². The van der Waals surface area contributed by atoms with Crippen LogP contribution in [0.25, 0.3) is 0 Å². The van der Waals surface area contributed by atoms with Crippen molar-refractivity contribution in [1.29, 1.82) is 5.26 Å². The van der Waals surface area contributed by atoms with E-state index in [-0.39, 0.29) is 0 Å². The van der Waals surface area contributed by atoms with Crippen molar-refractivity contribution in [2.24, 2.45) is 0 Å². The molecule has 1 aromatic carbocycles. The molecule has 0 saturated heterocycles. The molecule has 0 bridgehead atoms. The Labute approximate surface area is 83.3 Å². The molecular formula is C11H10ClN. The van der Waals surface area contributed by atoms with Crippen molar-refractivity contribution in [3.63, 3.8) is 0 Å². The third-order valence-electron chi connectivity index (χ3n) is 1.68. The molecule has 1 nitrogen and oxygen atoms in total. The van der Waals surface area contributed by atoms with E-state index in [2.05, 4.69) is 12.6 Å². The van der Waals surface area contributed by atoms with Crippen molar-refractivity contribution in [1.82, 2.24) is 0 Å². The average molecular weight is 192 g/mol. The summed E-state index contributed by atoms with van der Waals surface area (Å²) >= 11 is 5.82. The lowest BCUT2D eigenvalue weighted by molar-refractivity contribution is 1.14. The molecule has 0 aliphatic rings. The maximum absolute atomic E-state index is 8.80. The van der Waals surface area contributed by atoms with Crippen LogP contribution in [0.1, 0.15) is 18.1 Å². The van der Waals surface area contributed by atoms with E-state index in [9.17, 15) is 0 Å². The quantitative estimate of drug-likeness (QED) is 0.658.